The Morgan fingerprint density at radius 1 is 1.75 bits per heavy atom. The van der Waals surface area contributed by atoms with E-state index >= 15 is 0 Å². The fourth-order valence-corrected chi connectivity index (χ4v) is 0.409. The van der Waals surface area contributed by atoms with Crippen molar-refractivity contribution in [1.29, 1.82) is 0 Å². The molecule has 0 saturated carbocycles. The van der Waals surface area contributed by atoms with Crippen molar-refractivity contribution in [3.8, 4) is 0 Å². The van der Waals surface area contributed by atoms with E-state index in [1.54, 1.807) is 24.4 Å². The number of hydroxylamine groups is 2. The summed E-state index contributed by atoms with van der Waals surface area (Å²) in [4.78, 5) is 4.85. The van der Waals surface area contributed by atoms with Crippen molar-refractivity contribution >= 4 is 0 Å². The van der Waals surface area contributed by atoms with Crippen molar-refractivity contribution in [1.82, 2.24) is 5.06 Å². The van der Waals surface area contributed by atoms with Gasteiger partial charge in [-0.1, -0.05) is 0 Å². The van der Waals surface area contributed by atoms with Gasteiger partial charge in [-0.05, 0) is 6.08 Å². The minimum absolute atomic E-state index is 0.642. The van der Waals surface area contributed by atoms with Gasteiger partial charge < -0.3 is 10.6 Å². The average Bonchev–Trinajstić information content (AvgIpc) is 1.77. The molecule has 0 fully saturated rings. The minimum Gasteiger partial charge on any atom is -0.396 e. The van der Waals surface area contributed by atoms with Crippen LogP contribution in [0.15, 0.2) is 24.2 Å². The zero-order valence-corrected chi connectivity index (χ0v) is 4.66. The van der Waals surface area contributed by atoms with Gasteiger partial charge in [0.05, 0.1) is 5.70 Å². The van der Waals surface area contributed by atoms with E-state index in [-0.39, 0.29) is 0 Å². The zero-order chi connectivity index (χ0) is 5.98. The number of nitrogens with zero attached hydrogens (tertiary/aromatic N) is 1. The van der Waals surface area contributed by atoms with Gasteiger partial charge in [0.2, 0.25) is 0 Å². The Kier molecular flexibility index (Phi) is 1.12. The summed E-state index contributed by atoms with van der Waals surface area (Å²) in [6, 6.07) is 0. The fourth-order valence-electron chi connectivity index (χ4n) is 0.409. The van der Waals surface area contributed by atoms with Crippen LogP contribution in [0, 0.1) is 0 Å². The maximum atomic E-state index is 5.32. The van der Waals surface area contributed by atoms with Crippen LogP contribution in [0.25, 0.3) is 0 Å². The molecule has 0 atom stereocenters. The summed E-state index contributed by atoms with van der Waals surface area (Å²) in [6.45, 7) is 0. The first-order chi connectivity index (χ1) is 3.79. The van der Waals surface area contributed by atoms with Gasteiger partial charge in [0.1, 0.15) is 6.26 Å². The van der Waals surface area contributed by atoms with Gasteiger partial charge in [0, 0.05) is 13.2 Å². The summed E-state index contributed by atoms with van der Waals surface area (Å²) in [7, 11) is 1.79. The van der Waals surface area contributed by atoms with Crippen LogP contribution in [-0.2, 0) is 4.84 Å². The molecule has 44 valence electrons. The Hall–Kier alpha value is -1.12. The first kappa shape index (κ1) is 5.03. The average molecular weight is 112 g/mol. The molecular formula is C5H8N2O. The summed E-state index contributed by atoms with van der Waals surface area (Å²) in [5.74, 6) is 0. The molecule has 0 aromatic carbocycles. The Morgan fingerprint density at radius 3 is 2.88 bits per heavy atom. The molecule has 0 bridgehead atoms. The fraction of sp³-hybridized carbons (Fsp3) is 0.200. The van der Waals surface area contributed by atoms with Gasteiger partial charge in [-0.15, -0.1) is 0 Å². The third kappa shape index (κ3) is 0.932. The van der Waals surface area contributed by atoms with Crippen LogP contribution in [0.5, 0.6) is 0 Å². The number of allylic oxidation sites excluding steroid dienone is 1. The second-order valence-electron chi connectivity index (χ2n) is 1.59. The van der Waals surface area contributed by atoms with Crippen molar-refractivity contribution in [2.75, 3.05) is 7.05 Å². The van der Waals surface area contributed by atoms with Crippen molar-refractivity contribution in [3.63, 3.8) is 0 Å². The van der Waals surface area contributed by atoms with E-state index in [0.29, 0.717) is 5.70 Å². The first-order valence-electron chi connectivity index (χ1n) is 2.32. The highest BCUT2D eigenvalue weighted by Gasteiger charge is 1.93. The van der Waals surface area contributed by atoms with E-state index in [0.717, 1.165) is 0 Å². The highest BCUT2D eigenvalue weighted by Crippen LogP contribution is 1.99. The Bertz CT molecular complexity index is 139. The van der Waals surface area contributed by atoms with Gasteiger partial charge in [-0.2, -0.15) is 0 Å². The van der Waals surface area contributed by atoms with Crippen LogP contribution in [0.4, 0.5) is 0 Å². The molecule has 1 rings (SSSR count). The number of hydrogen-bond acceptors (Lipinski definition) is 3. The van der Waals surface area contributed by atoms with Gasteiger partial charge in [0.25, 0.3) is 0 Å². The van der Waals surface area contributed by atoms with Crippen LogP contribution in [0.3, 0.4) is 0 Å². The molecule has 0 spiro atoms. The predicted molar refractivity (Wildman–Crippen MR) is 30.3 cm³/mol. The van der Waals surface area contributed by atoms with E-state index in [4.69, 9.17) is 10.6 Å². The molecule has 0 aliphatic carbocycles. The van der Waals surface area contributed by atoms with Crippen LogP contribution >= 0.6 is 0 Å². The van der Waals surface area contributed by atoms with Crippen LogP contribution < -0.4 is 5.73 Å². The van der Waals surface area contributed by atoms with Crippen molar-refractivity contribution in [3.05, 3.63) is 24.2 Å². The highest BCUT2D eigenvalue weighted by molar-refractivity contribution is 5.12. The second-order valence-corrected chi connectivity index (χ2v) is 1.59. The standard InChI is InChI=1S/C5H8N2O/c1-7-3-2-5(6)4-8-7/h2-4H,6H2,1H3. The molecule has 3 nitrogen and oxygen atoms in total. The smallest absolute Gasteiger partial charge is 0.142 e. The van der Waals surface area contributed by atoms with E-state index in [1.165, 1.54) is 6.26 Å². The summed E-state index contributed by atoms with van der Waals surface area (Å²) in [6.07, 6.45) is 5.00. The Labute approximate surface area is 48.0 Å². The van der Waals surface area contributed by atoms with Crippen LogP contribution in [-0.4, -0.2) is 12.1 Å². The molecule has 3 heteroatoms. The lowest BCUT2D eigenvalue weighted by Gasteiger charge is -2.14. The van der Waals surface area contributed by atoms with Gasteiger partial charge >= 0.3 is 0 Å². The highest BCUT2D eigenvalue weighted by atomic mass is 16.7. The molecule has 0 amide bonds. The van der Waals surface area contributed by atoms with Crippen LogP contribution in [0.1, 0.15) is 0 Å². The maximum Gasteiger partial charge on any atom is 0.142 e. The molecule has 0 aromatic rings. The quantitative estimate of drug-likeness (QED) is 0.485. The molecular weight excluding hydrogens is 104 g/mol. The van der Waals surface area contributed by atoms with Crippen LogP contribution in [0.2, 0.25) is 0 Å². The predicted octanol–water partition coefficient (Wildman–Crippen LogP) is 0.177. The zero-order valence-electron chi connectivity index (χ0n) is 4.66. The normalized spacial score (nSPS) is 17.6. The first-order valence-corrected chi connectivity index (χ1v) is 2.32. The number of rotatable bonds is 0. The Balaban J connectivity index is 2.58. The molecule has 1 aliphatic rings. The monoisotopic (exact) mass is 112 g/mol. The van der Waals surface area contributed by atoms with E-state index in [1.807, 2.05) is 0 Å². The Morgan fingerprint density at radius 2 is 2.50 bits per heavy atom. The molecule has 1 aliphatic heterocycles. The lowest BCUT2D eigenvalue weighted by atomic mass is 10.5. The largest absolute Gasteiger partial charge is 0.396 e. The number of hydrogen-bond donors (Lipinski definition) is 1. The summed E-state index contributed by atoms with van der Waals surface area (Å²) in [5, 5.41) is 1.57. The van der Waals surface area contributed by atoms with Crippen molar-refractivity contribution in [2.45, 2.75) is 0 Å². The SMILES string of the molecule is CN1C=CC(N)=CO1. The van der Waals surface area contributed by atoms with Gasteiger partial charge in [-0.3, -0.25) is 0 Å². The molecule has 8 heavy (non-hydrogen) atoms. The maximum absolute atomic E-state index is 5.32. The second kappa shape index (κ2) is 1.78. The summed E-state index contributed by atoms with van der Waals surface area (Å²) < 4.78 is 0. The summed E-state index contributed by atoms with van der Waals surface area (Å²) in [5.41, 5.74) is 5.96. The van der Waals surface area contributed by atoms with E-state index in [9.17, 15) is 0 Å². The van der Waals surface area contributed by atoms with Gasteiger partial charge in [0.15, 0.2) is 0 Å². The van der Waals surface area contributed by atoms with E-state index in [2.05, 4.69) is 0 Å². The topological polar surface area (TPSA) is 38.5 Å². The van der Waals surface area contributed by atoms with Crippen molar-refractivity contribution in [2.24, 2.45) is 5.73 Å². The molecule has 0 aromatic heterocycles. The van der Waals surface area contributed by atoms with Crippen molar-refractivity contribution < 1.29 is 4.84 Å². The van der Waals surface area contributed by atoms with E-state index < -0.39 is 0 Å². The van der Waals surface area contributed by atoms with Gasteiger partial charge in [-0.25, -0.2) is 5.06 Å². The molecule has 0 unspecified atom stereocenters. The lowest BCUT2D eigenvalue weighted by molar-refractivity contribution is -0.0359. The number of nitrogens with two attached hydrogens (primary N) is 1. The molecule has 2 N–H and O–H groups in total. The minimum atomic E-state index is 0.642. The molecule has 1 heterocycles. The molecule has 0 saturated heterocycles. The summed E-state index contributed by atoms with van der Waals surface area (Å²) >= 11 is 0. The third-order valence-corrected chi connectivity index (χ3v) is 0.832. The molecule has 0 radical (unpaired) electrons. The lowest BCUT2D eigenvalue weighted by Crippen LogP contribution is -2.13. The third-order valence-electron chi connectivity index (χ3n) is 0.832.